The fourth-order valence-electron chi connectivity index (χ4n) is 2.16. The van der Waals surface area contributed by atoms with Gasteiger partial charge in [-0.25, -0.2) is 18.2 Å². The maximum Gasteiger partial charge on any atom is 0.356 e. The minimum atomic E-state index is -3.87. The standard InChI is InChI=1S/C11H16N2O5S2/c1-11(16)3-2-5-13(6-4-11)20(17,18)10-8(9(14)15)12-7-19-10/h7,16H,2-6H2,1H3,(H,14,15). The summed E-state index contributed by atoms with van der Waals surface area (Å²) in [7, 11) is -3.87. The van der Waals surface area contributed by atoms with Gasteiger partial charge in [-0.15, -0.1) is 11.3 Å². The lowest BCUT2D eigenvalue weighted by Gasteiger charge is -2.21. The minimum absolute atomic E-state index is 0.173. The number of hydrogen-bond acceptors (Lipinski definition) is 6. The van der Waals surface area contributed by atoms with Gasteiger partial charge in [0.05, 0.1) is 11.1 Å². The average Bonchev–Trinajstić information content (AvgIpc) is 2.76. The van der Waals surface area contributed by atoms with Gasteiger partial charge in [-0.05, 0) is 26.2 Å². The molecule has 20 heavy (non-hydrogen) atoms. The first kappa shape index (κ1) is 15.4. The van der Waals surface area contributed by atoms with Crippen molar-refractivity contribution in [1.82, 2.24) is 9.29 Å². The van der Waals surface area contributed by atoms with E-state index in [4.69, 9.17) is 5.11 Å². The molecule has 9 heteroatoms. The first-order valence-electron chi connectivity index (χ1n) is 6.13. The Morgan fingerprint density at radius 1 is 1.45 bits per heavy atom. The van der Waals surface area contributed by atoms with Crippen LogP contribution in [0.2, 0.25) is 0 Å². The number of aliphatic hydroxyl groups is 1. The van der Waals surface area contributed by atoms with Gasteiger partial charge in [0.1, 0.15) is 0 Å². The summed E-state index contributed by atoms with van der Waals surface area (Å²) < 4.78 is 26.0. The maximum absolute atomic E-state index is 12.5. The minimum Gasteiger partial charge on any atom is -0.476 e. The van der Waals surface area contributed by atoms with Crippen LogP contribution >= 0.6 is 11.3 Å². The molecular formula is C11H16N2O5S2. The zero-order valence-electron chi connectivity index (χ0n) is 10.9. The predicted molar refractivity (Wildman–Crippen MR) is 72.3 cm³/mol. The molecular weight excluding hydrogens is 304 g/mol. The van der Waals surface area contributed by atoms with Gasteiger partial charge in [-0.2, -0.15) is 4.31 Å². The van der Waals surface area contributed by atoms with E-state index in [-0.39, 0.29) is 17.3 Å². The molecule has 2 heterocycles. The average molecular weight is 320 g/mol. The third kappa shape index (κ3) is 3.00. The molecule has 0 bridgehead atoms. The number of aromatic nitrogens is 1. The number of nitrogens with zero attached hydrogens (tertiary/aromatic N) is 2. The van der Waals surface area contributed by atoms with Crippen LogP contribution in [-0.4, -0.2) is 52.6 Å². The van der Waals surface area contributed by atoms with Gasteiger partial charge in [-0.1, -0.05) is 0 Å². The molecule has 1 unspecified atom stereocenters. The van der Waals surface area contributed by atoms with Crippen LogP contribution < -0.4 is 0 Å². The molecule has 1 saturated heterocycles. The summed E-state index contributed by atoms with van der Waals surface area (Å²) in [6.45, 7) is 2.13. The van der Waals surface area contributed by atoms with Crippen molar-refractivity contribution in [3.05, 3.63) is 11.2 Å². The number of sulfonamides is 1. The summed E-state index contributed by atoms with van der Waals surface area (Å²) >= 11 is 0.801. The zero-order valence-corrected chi connectivity index (χ0v) is 12.6. The van der Waals surface area contributed by atoms with Gasteiger partial charge < -0.3 is 10.2 Å². The Balaban J connectivity index is 2.31. The lowest BCUT2D eigenvalue weighted by atomic mass is 9.98. The van der Waals surface area contributed by atoms with Crippen LogP contribution in [0.15, 0.2) is 9.72 Å². The maximum atomic E-state index is 12.5. The highest BCUT2D eigenvalue weighted by atomic mass is 32.2. The Hall–Kier alpha value is -1.03. The first-order chi connectivity index (χ1) is 9.24. The van der Waals surface area contributed by atoms with E-state index in [1.165, 1.54) is 9.82 Å². The molecule has 1 aromatic heterocycles. The van der Waals surface area contributed by atoms with Crippen molar-refractivity contribution < 1.29 is 23.4 Å². The highest BCUT2D eigenvalue weighted by molar-refractivity contribution is 7.91. The summed E-state index contributed by atoms with van der Waals surface area (Å²) in [5, 5.41) is 19.0. The van der Waals surface area contributed by atoms with Crippen LogP contribution in [0.3, 0.4) is 0 Å². The lowest BCUT2D eigenvalue weighted by Crippen LogP contribution is -2.33. The number of aromatic carboxylic acids is 1. The molecule has 0 spiro atoms. The molecule has 2 N–H and O–H groups in total. The highest BCUT2D eigenvalue weighted by Gasteiger charge is 2.35. The van der Waals surface area contributed by atoms with Crippen molar-refractivity contribution in [2.24, 2.45) is 0 Å². The van der Waals surface area contributed by atoms with E-state index in [0.717, 1.165) is 11.3 Å². The second-order valence-electron chi connectivity index (χ2n) is 5.05. The molecule has 0 aromatic carbocycles. The fraction of sp³-hybridized carbons (Fsp3) is 0.636. The molecule has 0 saturated carbocycles. The normalized spacial score (nSPS) is 25.3. The number of hydrogen-bond donors (Lipinski definition) is 2. The van der Waals surface area contributed by atoms with Crippen LogP contribution in [0.1, 0.15) is 36.7 Å². The Labute approximate surface area is 120 Å². The molecule has 1 aliphatic rings. The molecule has 0 aliphatic carbocycles. The molecule has 1 aromatic rings. The van der Waals surface area contributed by atoms with E-state index < -0.39 is 27.3 Å². The van der Waals surface area contributed by atoms with E-state index in [1.54, 1.807) is 6.92 Å². The van der Waals surface area contributed by atoms with Crippen molar-refractivity contribution in [3.63, 3.8) is 0 Å². The van der Waals surface area contributed by atoms with Gasteiger partial charge in [0.15, 0.2) is 9.90 Å². The topological polar surface area (TPSA) is 108 Å². The molecule has 2 rings (SSSR count). The molecule has 1 atom stereocenters. The van der Waals surface area contributed by atoms with Crippen molar-refractivity contribution in [1.29, 1.82) is 0 Å². The van der Waals surface area contributed by atoms with Crippen molar-refractivity contribution in [3.8, 4) is 0 Å². The second kappa shape index (κ2) is 5.40. The Bertz CT molecular complexity index is 608. The van der Waals surface area contributed by atoms with Gasteiger partial charge in [-0.3, -0.25) is 0 Å². The number of rotatable bonds is 3. The number of thiazole rings is 1. The van der Waals surface area contributed by atoms with E-state index >= 15 is 0 Å². The van der Waals surface area contributed by atoms with Crippen LogP contribution in [0, 0.1) is 0 Å². The molecule has 0 amide bonds. The monoisotopic (exact) mass is 320 g/mol. The number of carboxylic acid groups (broad SMARTS) is 1. The fourth-order valence-corrected chi connectivity index (χ4v) is 4.91. The Morgan fingerprint density at radius 3 is 2.80 bits per heavy atom. The summed E-state index contributed by atoms with van der Waals surface area (Å²) in [5.74, 6) is -1.35. The third-order valence-corrected chi connectivity index (χ3v) is 6.58. The summed E-state index contributed by atoms with van der Waals surface area (Å²) in [6, 6.07) is 0. The summed E-state index contributed by atoms with van der Waals surface area (Å²) in [4.78, 5) is 14.6. The largest absolute Gasteiger partial charge is 0.476 e. The lowest BCUT2D eigenvalue weighted by molar-refractivity contribution is 0.0464. The molecule has 1 fully saturated rings. The SMILES string of the molecule is CC1(O)CCCN(S(=O)(=O)c2scnc2C(=O)O)CC1. The van der Waals surface area contributed by atoms with Crippen LogP contribution in [0.5, 0.6) is 0 Å². The second-order valence-corrected chi connectivity index (χ2v) is 8.04. The molecule has 112 valence electrons. The summed E-state index contributed by atoms with van der Waals surface area (Å²) in [6.07, 6.45) is 1.38. The van der Waals surface area contributed by atoms with Crippen LogP contribution in [0.4, 0.5) is 0 Å². The summed E-state index contributed by atoms with van der Waals surface area (Å²) in [5.41, 5.74) is -0.108. The quantitative estimate of drug-likeness (QED) is 0.851. The molecule has 0 radical (unpaired) electrons. The smallest absolute Gasteiger partial charge is 0.356 e. The molecule has 7 nitrogen and oxygen atoms in total. The van der Waals surface area contributed by atoms with Gasteiger partial charge in [0.25, 0.3) is 10.0 Å². The van der Waals surface area contributed by atoms with Crippen LogP contribution in [-0.2, 0) is 10.0 Å². The van der Waals surface area contributed by atoms with Crippen molar-refractivity contribution in [2.45, 2.75) is 36.0 Å². The van der Waals surface area contributed by atoms with Crippen molar-refractivity contribution in [2.75, 3.05) is 13.1 Å². The Morgan fingerprint density at radius 2 is 2.15 bits per heavy atom. The van der Waals surface area contributed by atoms with E-state index in [2.05, 4.69) is 4.98 Å². The van der Waals surface area contributed by atoms with Crippen molar-refractivity contribution >= 4 is 27.3 Å². The zero-order chi connectivity index (χ0) is 15.0. The van der Waals surface area contributed by atoms with E-state index in [1.807, 2.05) is 0 Å². The highest BCUT2D eigenvalue weighted by Crippen LogP contribution is 2.28. The predicted octanol–water partition coefficient (Wildman–Crippen LogP) is 0.767. The van der Waals surface area contributed by atoms with E-state index in [9.17, 15) is 18.3 Å². The first-order valence-corrected chi connectivity index (χ1v) is 8.45. The number of carboxylic acids is 1. The van der Waals surface area contributed by atoms with E-state index in [0.29, 0.717) is 19.3 Å². The Kier molecular flexibility index (Phi) is 4.14. The van der Waals surface area contributed by atoms with Crippen LogP contribution in [0.25, 0.3) is 0 Å². The third-order valence-electron chi connectivity index (χ3n) is 3.33. The van der Waals surface area contributed by atoms with Gasteiger partial charge in [0, 0.05) is 13.1 Å². The number of carbonyl (C=O) groups is 1. The molecule has 1 aliphatic heterocycles. The van der Waals surface area contributed by atoms with Gasteiger partial charge >= 0.3 is 5.97 Å². The van der Waals surface area contributed by atoms with Gasteiger partial charge in [0.2, 0.25) is 0 Å².